The molecule has 0 spiro atoms. The summed E-state index contributed by atoms with van der Waals surface area (Å²) in [6.45, 7) is -0.589. The molecular weight excluding hydrogens is 556 g/mol. The van der Waals surface area contributed by atoms with Crippen molar-refractivity contribution in [3.63, 3.8) is 0 Å². The molecule has 0 fully saturated rings. The maximum absolute atomic E-state index is 14.5. The van der Waals surface area contributed by atoms with Crippen molar-refractivity contribution in [1.82, 2.24) is 9.21 Å². The molecule has 2 amide bonds. The van der Waals surface area contributed by atoms with E-state index in [4.69, 9.17) is 4.74 Å². The van der Waals surface area contributed by atoms with Gasteiger partial charge in [-0.25, -0.2) is 13.2 Å². The minimum absolute atomic E-state index is 0.0584. The number of hydrogen-bond donors (Lipinski definition) is 1. The molecule has 0 radical (unpaired) electrons. The summed E-state index contributed by atoms with van der Waals surface area (Å²) in [5.74, 6) is -2.14. The number of amides is 2. The Morgan fingerprint density at radius 2 is 1.40 bits per heavy atom. The fraction of sp³-hybridized carbons (Fsp3) is 0.156. The lowest BCUT2D eigenvalue weighted by Crippen LogP contribution is -2.49. The van der Waals surface area contributed by atoms with Gasteiger partial charge in [0.25, 0.3) is 11.8 Å². The number of imide groups is 1. The molecule has 0 aliphatic carbocycles. The summed E-state index contributed by atoms with van der Waals surface area (Å²) >= 11 is 0. The van der Waals surface area contributed by atoms with E-state index < -0.39 is 33.8 Å². The Morgan fingerprint density at radius 3 is 2.05 bits per heavy atom. The number of carbonyl (C=O) groups is 3. The smallest absolute Gasteiger partial charge is 0.336 e. The number of hydrogen-bond acceptors (Lipinski definition) is 6. The van der Waals surface area contributed by atoms with Gasteiger partial charge in [-0.1, -0.05) is 72.8 Å². The van der Waals surface area contributed by atoms with Crippen LogP contribution in [-0.2, 0) is 23.0 Å². The summed E-state index contributed by atoms with van der Waals surface area (Å²) in [7, 11) is -3.02. The second kappa shape index (κ2) is 12.0. The van der Waals surface area contributed by atoms with Gasteiger partial charge < -0.3 is 9.84 Å². The van der Waals surface area contributed by atoms with Gasteiger partial charge in [0.15, 0.2) is 0 Å². The van der Waals surface area contributed by atoms with Gasteiger partial charge >= 0.3 is 5.97 Å². The van der Waals surface area contributed by atoms with Crippen molar-refractivity contribution in [2.75, 3.05) is 13.7 Å². The van der Waals surface area contributed by atoms with Crippen LogP contribution in [0.4, 0.5) is 0 Å². The van der Waals surface area contributed by atoms with Gasteiger partial charge in [-0.2, -0.15) is 4.31 Å². The number of benzene rings is 4. The third kappa shape index (κ3) is 5.54. The van der Waals surface area contributed by atoms with Crippen molar-refractivity contribution in [3.05, 3.63) is 131 Å². The van der Waals surface area contributed by atoms with E-state index in [2.05, 4.69) is 0 Å². The lowest BCUT2D eigenvalue weighted by atomic mass is 10.0. The first kappa shape index (κ1) is 28.7. The van der Waals surface area contributed by atoms with Crippen LogP contribution in [0.5, 0.6) is 5.75 Å². The fourth-order valence-corrected chi connectivity index (χ4v) is 6.91. The first-order valence-corrected chi connectivity index (χ1v) is 14.6. The van der Waals surface area contributed by atoms with Gasteiger partial charge in [-0.05, 0) is 47.9 Å². The van der Waals surface area contributed by atoms with Crippen LogP contribution < -0.4 is 4.74 Å². The number of carboxylic acid groups (broad SMARTS) is 1. The van der Waals surface area contributed by atoms with Gasteiger partial charge in [0, 0.05) is 19.1 Å². The fourth-order valence-electron chi connectivity index (χ4n) is 5.16. The van der Waals surface area contributed by atoms with E-state index in [1.54, 1.807) is 54.6 Å². The summed E-state index contributed by atoms with van der Waals surface area (Å²) in [5, 5.41) is 9.87. The van der Waals surface area contributed by atoms with E-state index in [1.807, 2.05) is 30.3 Å². The average molecular weight is 585 g/mol. The number of methoxy groups -OCH3 is 1. The second-order valence-corrected chi connectivity index (χ2v) is 11.6. The monoisotopic (exact) mass is 584 g/mol. The second-order valence-electron chi connectivity index (χ2n) is 9.77. The molecule has 4 aromatic carbocycles. The molecule has 214 valence electrons. The van der Waals surface area contributed by atoms with Gasteiger partial charge in [-0.15, -0.1) is 0 Å². The standard InChI is InChI=1S/C32H28N2O7S/c1-41-28-17-9-10-18-29(28)42(39,40)34(20-23-13-5-6-14-25(23)32(37)38)24(19-22-11-3-2-4-12-22)21-33-30(35)26-15-7-8-16-27(26)31(33)36/h2-18,24H,19-21H2,1H3,(H,37,38). The maximum Gasteiger partial charge on any atom is 0.336 e. The maximum atomic E-state index is 14.5. The van der Waals surface area contributed by atoms with E-state index in [-0.39, 0.29) is 52.4 Å². The molecule has 1 aliphatic heterocycles. The average Bonchev–Trinajstić information content (AvgIpc) is 3.24. The van der Waals surface area contributed by atoms with Crippen LogP contribution in [0.3, 0.4) is 0 Å². The Kier molecular flexibility index (Phi) is 8.19. The number of carbonyl (C=O) groups excluding carboxylic acids is 2. The highest BCUT2D eigenvalue weighted by Crippen LogP contribution is 2.32. The Labute approximate surface area is 243 Å². The third-order valence-electron chi connectivity index (χ3n) is 7.22. The van der Waals surface area contributed by atoms with E-state index >= 15 is 0 Å². The zero-order valence-corrected chi connectivity index (χ0v) is 23.5. The van der Waals surface area contributed by atoms with Crippen molar-refractivity contribution < 1.29 is 32.6 Å². The van der Waals surface area contributed by atoms with Crippen LogP contribution in [0, 0.1) is 0 Å². The molecule has 1 aliphatic rings. The van der Waals surface area contributed by atoms with Crippen molar-refractivity contribution >= 4 is 27.8 Å². The lowest BCUT2D eigenvalue weighted by Gasteiger charge is -2.34. The minimum atomic E-state index is -4.38. The third-order valence-corrected chi connectivity index (χ3v) is 9.16. The van der Waals surface area contributed by atoms with Gasteiger partial charge in [0.1, 0.15) is 10.6 Å². The predicted octanol–water partition coefficient (Wildman–Crippen LogP) is 4.49. The number of aromatic carboxylic acids is 1. The first-order chi connectivity index (χ1) is 20.2. The zero-order valence-electron chi connectivity index (χ0n) is 22.7. The van der Waals surface area contributed by atoms with Crippen LogP contribution in [0.1, 0.15) is 42.2 Å². The first-order valence-electron chi connectivity index (χ1n) is 13.2. The van der Waals surface area contributed by atoms with E-state index in [1.165, 1.54) is 29.6 Å². The Bertz CT molecular complexity index is 1720. The van der Waals surface area contributed by atoms with Gasteiger partial charge in [0.05, 0.1) is 23.8 Å². The molecule has 9 nitrogen and oxygen atoms in total. The Balaban J connectivity index is 1.65. The molecule has 10 heteroatoms. The minimum Gasteiger partial charge on any atom is -0.495 e. The van der Waals surface area contributed by atoms with Crippen LogP contribution in [-0.4, -0.2) is 60.2 Å². The van der Waals surface area contributed by atoms with Crippen molar-refractivity contribution in [3.8, 4) is 5.75 Å². The molecule has 42 heavy (non-hydrogen) atoms. The summed E-state index contributed by atoms with van der Waals surface area (Å²) in [4.78, 5) is 39.8. The summed E-state index contributed by atoms with van der Waals surface area (Å²) in [5.41, 5.74) is 1.46. The number of rotatable bonds is 11. The molecule has 0 saturated carbocycles. The molecule has 0 bridgehead atoms. The zero-order chi connectivity index (χ0) is 29.9. The van der Waals surface area contributed by atoms with Crippen molar-refractivity contribution in [1.29, 1.82) is 0 Å². The number of ether oxygens (including phenoxy) is 1. The van der Waals surface area contributed by atoms with Crippen LogP contribution in [0.15, 0.2) is 108 Å². The topological polar surface area (TPSA) is 121 Å². The highest BCUT2D eigenvalue weighted by Gasteiger charge is 2.41. The molecule has 1 atom stereocenters. The van der Waals surface area contributed by atoms with E-state index in [9.17, 15) is 27.9 Å². The SMILES string of the molecule is COc1ccccc1S(=O)(=O)N(Cc1ccccc1C(=O)O)C(Cc1ccccc1)CN1C(=O)c2ccccc2C1=O. The largest absolute Gasteiger partial charge is 0.495 e. The normalized spacial score (nSPS) is 13.7. The molecule has 5 rings (SSSR count). The Hall–Kier alpha value is -4.80. The van der Waals surface area contributed by atoms with Gasteiger partial charge in [-0.3, -0.25) is 14.5 Å². The number of para-hydroxylation sites is 1. The van der Waals surface area contributed by atoms with E-state index in [0.29, 0.717) is 0 Å². The van der Waals surface area contributed by atoms with Gasteiger partial charge in [0.2, 0.25) is 10.0 Å². The quantitative estimate of drug-likeness (QED) is 0.258. The molecule has 1 heterocycles. The summed E-state index contributed by atoms with van der Waals surface area (Å²) in [6, 6.07) is 26.9. The molecule has 0 aromatic heterocycles. The molecule has 4 aromatic rings. The molecule has 1 N–H and O–H groups in total. The number of nitrogens with zero attached hydrogens (tertiary/aromatic N) is 2. The predicted molar refractivity (Wildman–Crippen MR) is 155 cm³/mol. The highest BCUT2D eigenvalue weighted by atomic mass is 32.2. The number of fused-ring (bicyclic) bond motifs is 1. The van der Waals surface area contributed by atoms with Crippen LogP contribution in [0.2, 0.25) is 0 Å². The molecule has 0 saturated heterocycles. The molecule has 1 unspecified atom stereocenters. The molecular formula is C32H28N2O7S. The van der Waals surface area contributed by atoms with Crippen molar-refractivity contribution in [2.45, 2.75) is 23.9 Å². The van der Waals surface area contributed by atoms with E-state index in [0.717, 1.165) is 10.5 Å². The van der Waals surface area contributed by atoms with Crippen molar-refractivity contribution in [2.24, 2.45) is 0 Å². The highest BCUT2D eigenvalue weighted by molar-refractivity contribution is 7.89. The number of sulfonamides is 1. The Morgan fingerprint density at radius 1 is 0.833 bits per heavy atom. The van der Waals surface area contributed by atoms with Crippen LogP contribution in [0.25, 0.3) is 0 Å². The number of carboxylic acids is 1. The lowest BCUT2D eigenvalue weighted by molar-refractivity contribution is 0.0617. The van der Waals surface area contributed by atoms with Crippen LogP contribution >= 0.6 is 0 Å². The summed E-state index contributed by atoms with van der Waals surface area (Å²) < 4.78 is 35.5. The summed E-state index contributed by atoms with van der Waals surface area (Å²) in [6.07, 6.45) is 0.137.